The lowest BCUT2D eigenvalue weighted by Gasteiger charge is -2.05. The molecule has 86 valence electrons. The molecule has 0 heterocycles. The summed E-state index contributed by atoms with van der Waals surface area (Å²) in [6.45, 7) is 0.666. The number of phenols is 1. The summed E-state index contributed by atoms with van der Waals surface area (Å²) in [5, 5.41) is 9.54. The molecule has 1 fully saturated rings. The Morgan fingerprint density at radius 1 is 1.62 bits per heavy atom. The molecule has 0 radical (unpaired) electrons. The molecule has 4 heteroatoms. The monoisotopic (exact) mass is 221 g/mol. The number of aromatic hydroxyl groups is 1. The fraction of sp³-hybridized carbons (Fsp3) is 0.417. The van der Waals surface area contributed by atoms with E-state index in [1.54, 1.807) is 6.07 Å². The zero-order valence-electron chi connectivity index (χ0n) is 9.14. The predicted molar refractivity (Wildman–Crippen MR) is 59.3 cm³/mol. The van der Waals surface area contributed by atoms with Crippen molar-refractivity contribution in [2.75, 3.05) is 13.7 Å². The molecule has 1 aliphatic carbocycles. The molecule has 16 heavy (non-hydrogen) atoms. The fourth-order valence-electron chi connectivity index (χ4n) is 1.97. The van der Waals surface area contributed by atoms with Crippen molar-refractivity contribution in [2.24, 2.45) is 11.7 Å². The highest BCUT2D eigenvalue weighted by atomic mass is 16.5. The van der Waals surface area contributed by atoms with Gasteiger partial charge in [0.15, 0.2) is 0 Å². The molecule has 0 amide bonds. The predicted octanol–water partition coefficient (Wildman–Crippen LogP) is 1.24. The molecule has 2 rings (SSSR count). The average Bonchev–Trinajstić information content (AvgIpc) is 3.08. The Labute approximate surface area is 94.0 Å². The van der Waals surface area contributed by atoms with Crippen molar-refractivity contribution in [3.63, 3.8) is 0 Å². The summed E-state index contributed by atoms with van der Waals surface area (Å²) in [6, 6.07) is 5.07. The fourth-order valence-corrected chi connectivity index (χ4v) is 1.97. The van der Waals surface area contributed by atoms with Crippen LogP contribution in [0, 0.1) is 5.92 Å². The van der Waals surface area contributed by atoms with Crippen molar-refractivity contribution in [1.82, 2.24) is 0 Å². The lowest BCUT2D eigenvalue weighted by atomic mass is 10.0. The number of rotatable bonds is 3. The zero-order valence-corrected chi connectivity index (χ0v) is 9.14. The van der Waals surface area contributed by atoms with Gasteiger partial charge in [-0.05, 0) is 42.5 Å². The van der Waals surface area contributed by atoms with Crippen molar-refractivity contribution in [1.29, 1.82) is 0 Å². The van der Waals surface area contributed by atoms with Gasteiger partial charge < -0.3 is 15.6 Å². The molecule has 1 saturated carbocycles. The second-order valence-corrected chi connectivity index (χ2v) is 4.11. The molecule has 0 aliphatic heterocycles. The van der Waals surface area contributed by atoms with Crippen molar-refractivity contribution in [3.05, 3.63) is 29.3 Å². The van der Waals surface area contributed by atoms with Crippen molar-refractivity contribution < 1.29 is 14.6 Å². The van der Waals surface area contributed by atoms with Gasteiger partial charge in [-0.15, -0.1) is 0 Å². The highest BCUT2D eigenvalue weighted by Gasteiger charge is 2.37. The quantitative estimate of drug-likeness (QED) is 0.753. The zero-order chi connectivity index (χ0) is 11.7. The van der Waals surface area contributed by atoms with Gasteiger partial charge in [0.2, 0.25) is 0 Å². The third kappa shape index (κ3) is 1.88. The van der Waals surface area contributed by atoms with Gasteiger partial charge in [0, 0.05) is 0 Å². The topological polar surface area (TPSA) is 72.5 Å². The molecule has 3 N–H and O–H groups in total. The molecule has 0 spiro atoms. The second kappa shape index (κ2) is 4.14. The third-order valence-electron chi connectivity index (χ3n) is 3.08. The van der Waals surface area contributed by atoms with E-state index in [0.29, 0.717) is 18.4 Å². The van der Waals surface area contributed by atoms with E-state index in [9.17, 15) is 9.90 Å². The Morgan fingerprint density at radius 3 is 2.94 bits per heavy atom. The Balaban J connectivity index is 2.26. The standard InChI is InChI=1S/C12H15NO3/c1-16-12(15)10-4-7(2-3-11(10)14)9-5-8(9)6-13/h2-4,8-9,14H,5-6,13H2,1H3. The molecular weight excluding hydrogens is 206 g/mol. The Hall–Kier alpha value is -1.55. The molecule has 0 aromatic heterocycles. The van der Waals surface area contributed by atoms with Crippen LogP contribution in [0.25, 0.3) is 0 Å². The van der Waals surface area contributed by atoms with Crippen molar-refractivity contribution in [2.45, 2.75) is 12.3 Å². The molecule has 0 saturated heterocycles. The van der Waals surface area contributed by atoms with Crippen LogP contribution in [0.1, 0.15) is 28.3 Å². The van der Waals surface area contributed by atoms with Gasteiger partial charge in [-0.1, -0.05) is 6.07 Å². The molecule has 2 unspecified atom stereocenters. The van der Waals surface area contributed by atoms with E-state index in [2.05, 4.69) is 4.74 Å². The van der Waals surface area contributed by atoms with Gasteiger partial charge in [0.05, 0.1) is 7.11 Å². The van der Waals surface area contributed by atoms with Gasteiger partial charge in [-0.2, -0.15) is 0 Å². The van der Waals surface area contributed by atoms with Gasteiger partial charge in [0.1, 0.15) is 11.3 Å². The molecule has 0 bridgehead atoms. The second-order valence-electron chi connectivity index (χ2n) is 4.11. The van der Waals surface area contributed by atoms with Crippen LogP contribution in [-0.2, 0) is 4.74 Å². The number of hydrogen-bond acceptors (Lipinski definition) is 4. The highest BCUT2D eigenvalue weighted by molar-refractivity contribution is 5.92. The SMILES string of the molecule is COC(=O)c1cc(C2CC2CN)ccc1O. The lowest BCUT2D eigenvalue weighted by Crippen LogP contribution is -2.04. The maximum atomic E-state index is 11.4. The van der Waals surface area contributed by atoms with Crippen LogP contribution in [-0.4, -0.2) is 24.7 Å². The summed E-state index contributed by atoms with van der Waals surface area (Å²) in [6.07, 6.45) is 1.06. The van der Waals surface area contributed by atoms with Crippen LogP contribution in [0.5, 0.6) is 5.75 Å². The van der Waals surface area contributed by atoms with E-state index in [4.69, 9.17) is 5.73 Å². The largest absolute Gasteiger partial charge is 0.507 e. The minimum atomic E-state index is -0.510. The van der Waals surface area contributed by atoms with Crippen LogP contribution < -0.4 is 5.73 Å². The minimum Gasteiger partial charge on any atom is -0.507 e. The summed E-state index contributed by atoms with van der Waals surface area (Å²) >= 11 is 0. The summed E-state index contributed by atoms with van der Waals surface area (Å²) in [5.41, 5.74) is 6.85. The lowest BCUT2D eigenvalue weighted by molar-refractivity contribution is 0.0597. The Bertz CT molecular complexity index is 417. The van der Waals surface area contributed by atoms with Crippen LogP contribution >= 0.6 is 0 Å². The number of carbonyl (C=O) groups is 1. The number of hydrogen-bond donors (Lipinski definition) is 2. The van der Waals surface area contributed by atoms with E-state index in [0.717, 1.165) is 12.0 Å². The van der Waals surface area contributed by atoms with Gasteiger partial charge in [0.25, 0.3) is 0 Å². The number of nitrogens with two attached hydrogens (primary N) is 1. The molecular formula is C12H15NO3. The van der Waals surface area contributed by atoms with E-state index in [1.165, 1.54) is 13.2 Å². The first-order valence-corrected chi connectivity index (χ1v) is 5.28. The number of ether oxygens (including phenoxy) is 1. The van der Waals surface area contributed by atoms with E-state index >= 15 is 0 Å². The number of phenolic OH excluding ortho intramolecular Hbond substituents is 1. The molecule has 1 aromatic rings. The third-order valence-corrected chi connectivity index (χ3v) is 3.08. The maximum absolute atomic E-state index is 11.4. The van der Waals surface area contributed by atoms with Gasteiger partial charge >= 0.3 is 5.97 Å². The Kier molecular flexibility index (Phi) is 2.83. The smallest absolute Gasteiger partial charge is 0.341 e. The van der Waals surface area contributed by atoms with Crippen LogP contribution in [0.4, 0.5) is 0 Å². The number of benzene rings is 1. The molecule has 1 aromatic carbocycles. The number of carbonyl (C=O) groups excluding carboxylic acids is 1. The molecule has 2 atom stereocenters. The van der Waals surface area contributed by atoms with Crippen LogP contribution in [0.3, 0.4) is 0 Å². The summed E-state index contributed by atoms with van der Waals surface area (Å²) < 4.78 is 4.60. The normalized spacial score (nSPS) is 22.9. The molecule has 1 aliphatic rings. The first kappa shape index (κ1) is 11.0. The van der Waals surface area contributed by atoms with Crippen LogP contribution in [0.2, 0.25) is 0 Å². The van der Waals surface area contributed by atoms with Gasteiger partial charge in [-0.3, -0.25) is 0 Å². The van der Waals surface area contributed by atoms with E-state index in [-0.39, 0.29) is 11.3 Å². The summed E-state index contributed by atoms with van der Waals surface area (Å²) in [7, 11) is 1.30. The van der Waals surface area contributed by atoms with Crippen LogP contribution in [0.15, 0.2) is 18.2 Å². The van der Waals surface area contributed by atoms with E-state index in [1.807, 2.05) is 6.07 Å². The first-order chi connectivity index (χ1) is 7.67. The minimum absolute atomic E-state index is 0.0412. The average molecular weight is 221 g/mol. The summed E-state index contributed by atoms with van der Waals surface area (Å²) in [4.78, 5) is 11.4. The highest BCUT2D eigenvalue weighted by Crippen LogP contribution is 2.47. The van der Waals surface area contributed by atoms with Crippen molar-refractivity contribution >= 4 is 5.97 Å². The first-order valence-electron chi connectivity index (χ1n) is 5.28. The summed E-state index contributed by atoms with van der Waals surface area (Å²) in [5.74, 6) is 0.383. The number of esters is 1. The van der Waals surface area contributed by atoms with Gasteiger partial charge in [-0.25, -0.2) is 4.79 Å². The van der Waals surface area contributed by atoms with Crippen molar-refractivity contribution in [3.8, 4) is 5.75 Å². The Morgan fingerprint density at radius 2 is 2.38 bits per heavy atom. The molecule has 4 nitrogen and oxygen atoms in total. The van der Waals surface area contributed by atoms with E-state index < -0.39 is 5.97 Å². The maximum Gasteiger partial charge on any atom is 0.341 e. The number of methoxy groups -OCH3 is 1.